The Labute approximate surface area is 186 Å². The molecule has 31 heavy (non-hydrogen) atoms. The van der Waals surface area contributed by atoms with Crippen LogP contribution in [-0.4, -0.2) is 83.8 Å². The Balaban J connectivity index is 1.25. The van der Waals surface area contributed by atoms with E-state index in [2.05, 4.69) is 9.88 Å². The molecular weight excluding hydrogens is 414 g/mol. The maximum atomic E-state index is 13.0. The molecule has 1 aliphatic carbocycles. The second-order valence-electron chi connectivity index (χ2n) is 9.55. The molecule has 2 saturated heterocycles. The Kier molecular flexibility index (Phi) is 7.03. The first kappa shape index (κ1) is 22.7. The van der Waals surface area contributed by atoms with Gasteiger partial charge in [0.25, 0.3) is 10.0 Å². The van der Waals surface area contributed by atoms with Gasteiger partial charge in [-0.25, -0.2) is 13.4 Å². The number of hydrogen-bond acceptors (Lipinski definition) is 5. The van der Waals surface area contributed by atoms with Gasteiger partial charge in [-0.05, 0) is 38.5 Å². The fraction of sp³-hybridized carbons (Fsp3) is 0.818. The highest BCUT2D eigenvalue weighted by molar-refractivity contribution is 7.89. The first-order valence-corrected chi connectivity index (χ1v) is 13.3. The number of hydrogen-bond donors (Lipinski definition) is 0. The minimum atomic E-state index is -3.59. The van der Waals surface area contributed by atoms with Crippen molar-refractivity contribution in [3.05, 3.63) is 12.0 Å². The number of aryl methyl sites for hydroxylation is 2. The van der Waals surface area contributed by atoms with Crippen molar-refractivity contribution >= 4 is 15.9 Å². The molecule has 2 aliphatic heterocycles. The third-order valence-corrected chi connectivity index (χ3v) is 9.19. The molecule has 8 nitrogen and oxygen atoms in total. The summed E-state index contributed by atoms with van der Waals surface area (Å²) in [6.45, 7) is 7.29. The maximum Gasteiger partial charge on any atom is 0.262 e. The predicted octanol–water partition coefficient (Wildman–Crippen LogP) is 1.85. The lowest BCUT2D eigenvalue weighted by atomic mass is 9.89. The molecule has 0 N–H and O–H groups in total. The van der Waals surface area contributed by atoms with Gasteiger partial charge in [-0.1, -0.05) is 19.3 Å². The van der Waals surface area contributed by atoms with Crippen LogP contribution in [0.3, 0.4) is 0 Å². The van der Waals surface area contributed by atoms with E-state index in [1.54, 1.807) is 24.7 Å². The van der Waals surface area contributed by atoms with Gasteiger partial charge in [-0.3, -0.25) is 9.69 Å². The van der Waals surface area contributed by atoms with Gasteiger partial charge in [0.15, 0.2) is 5.03 Å². The third kappa shape index (κ3) is 5.14. The number of imidazole rings is 1. The molecule has 3 aliphatic rings. The van der Waals surface area contributed by atoms with Crippen LogP contribution in [0.1, 0.15) is 50.8 Å². The van der Waals surface area contributed by atoms with Crippen LogP contribution in [0.25, 0.3) is 0 Å². The second kappa shape index (κ2) is 9.58. The molecule has 0 spiro atoms. The summed E-state index contributed by atoms with van der Waals surface area (Å²) in [4.78, 5) is 21.8. The first-order chi connectivity index (χ1) is 14.8. The summed E-state index contributed by atoms with van der Waals surface area (Å²) in [6.07, 6.45) is 9.60. The number of aromatic nitrogens is 2. The van der Waals surface area contributed by atoms with E-state index < -0.39 is 10.0 Å². The smallest absolute Gasteiger partial charge is 0.262 e. The Morgan fingerprint density at radius 1 is 1.00 bits per heavy atom. The standard InChI is InChI=1S/C22H37N5O3S/c1-18-23-21(17-24(18)2)31(29,30)27-10-8-20(9-11-27)22(28)26-14-12-25(13-15-26)16-19-6-4-3-5-7-19/h17,19-20H,3-16H2,1-2H3. The molecule has 1 aromatic rings. The highest BCUT2D eigenvalue weighted by atomic mass is 32.2. The zero-order valence-electron chi connectivity index (χ0n) is 19.0. The highest BCUT2D eigenvalue weighted by Gasteiger charge is 2.35. The molecule has 3 heterocycles. The average Bonchev–Trinajstić information content (AvgIpc) is 3.14. The van der Waals surface area contributed by atoms with Crippen LogP contribution in [-0.2, 0) is 21.9 Å². The molecule has 1 amide bonds. The number of carbonyl (C=O) groups excluding carboxylic acids is 1. The summed E-state index contributed by atoms with van der Waals surface area (Å²) >= 11 is 0. The largest absolute Gasteiger partial charge is 0.340 e. The van der Waals surface area contributed by atoms with E-state index in [0.717, 1.165) is 32.1 Å². The van der Waals surface area contributed by atoms with Crippen molar-refractivity contribution in [2.75, 3.05) is 45.8 Å². The number of amides is 1. The van der Waals surface area contributed by atoms with E-state index in [1.807, 2.05) is 4.90 Å². The minimum absolute atomic E-state index is 0.0678. The summed E-state index contributed by atoms with van der Waals surface area (Å²) in [7, 11) is -1.80. The van der Waals surface area contributed by atoms with Crippen LogP contribution in [0.5, 0.6) is 0 Å². The molecule has 0 unspecified atom stereocenters. The maximum absolute atomic E-state index is 13.0. The van der Waals surface area contributed by atoms with Gasteiger partial charge in [0.1, 0.15) is 5.82 Å². The molecule has 4 rings (SSSR count). The number of nitrogens with zero attached hydrogens (tertiary/aromatic N) is 5. The van der Waals surface area contributed by atoms with Gasteiger partial charge in [-0.2, -0.15) is 4.31 Å². The van der Waals surface area contributed by atoms with Crippen LogP contribution in [0, 0.1) is 18.8 Å². The normalized spacial score (nSPS) is 23.4. The van der Waals surface area contributed by atoms with Crippen LogP contribution in [0.2, 0.25) is 0 Å². The Morgan fingerprint density at radius 3 is 2.23 bits per heavy atom. The highest BCUT2D eigenvalue weighted by Crippen LogP contribution is 2.27. The number of carbonyl (C=O) groups is 1. The monoisotopic (exact) mass is 451 g/mol. The van der Waals surface area contributed by atoms with Crippen LogP contribution < -0.4 is 0 Å². The molecule has 0 radical (unpaired) electrons. The zero-order chi connectivity index (χ0) is 22.0. The van der Waals surface area contributed by atoms with Crippen LogP contribution in [0.15, 0.2) is 11.2 Å². The Bertz CT molecular complexity index is 842. The molecule has 0 atom stereocenters. The zero-order valence-corrected chi connectivity index (χ0v) is 19.8. The first-order valence-electron chi connectivity index (χ1n) is 11.9. The number of rotatable bonds is 5. The number of piperidine rings is 1. The van der Waals surface area contributed by atoms with E-state index >= 15 is 0 Å². The summed E-state index contributed by atoms with van der Waals surface area (Å²) in [5, 5.41) is 0.103. The minimum Gasteiger partial charge on any atom is -0.340 e. The molecule has 3 fully saturated rings. The SMILES string of the molecule is Cc1nc(S(=O)(=O)N2CCC(C(=O)N3CCN(CC4CCCCC4)CC3)CC2)cn1C. The quantitative estimate of drug-likeness (QED) is 0.683. The molecule has 9 heteroatoms. The lowest BCUT2D eigenvalue weighted by molar-refractivity contribution is -0.138. The summed E-state index contributed by atoms with van der Waals surface area (Å²) in [5.41, 5.74) is 0. The topological polar surface area (TPSA) is 78.8 Å². The van der Waals surface area contributed by atoms with Crippen LogP contribution in [0.4, 0.5) is 0 Å². The summed E-state index contributed by atoms with van der Waals surface area (Å²) < 4.78 is 29.0. The average molecular weight is 452 g/mol. The second-order valence-corrected chi connectivity index (χ2v) is 11.4. The van der Waals surface area contributed by atoms with Crippen molar-refractivity contribution in [2.45, 2.75) is 56.9 Å². The van der Waals surface area contributed by atoms with Gasteiger partial charge in [0.05, 0.1) is 0 Å². The van der Waals surface area contributed by atoms with Gasteiger partial charge in [-0.15, -0.1) is 0 Å². The van der Waals surface area contributed by atoms with Gasteiger partial charge >= 0.3 is 0 Å². The van der Waals surface area contributed by atoms with E-state index in [4.69, 9.17) is 0 Å². The predicted molar refractivity (Wildman–Crippen MR) is 119 cm³/mol. The lowest BCUT2D eigenvalue weighted by Gasteiger charge is -2.39. The fourth-order valence-electron chi connectivity index (χ4n) is 5.27. The van der Waals surface area contributed by atoms with Crippen molar-refractivity contribution in [2.24, 2.45) is 18.9 Å². The lowest BCUT2D eigenvalue weighted by Crippen LogP contribution is -2.52. The summed E-state index contributed by atoms with van der Waals surface area (Å²) in [5.74, 6) is 1.65. The Morgan fingerprint density at radius 2 is 1.65 bits per heavy atom. The van der Waals surface area contributed by atoms with Crippen molar-refractivity contribution in [3.8, 4) is 0 Å². The van der Waals surface area contributed by atoms with Crippen molar-refractivity contribution in [3.63, 3.8) is 0 Å². The van der Waals surface area contributed by atoms with Gasteiger partial charge < -0.3 is 9.47 Å². The van der Waals surface area contributed by atoms with Gasteiger partial charge in [0, 0.05) is 65.0 Å². The number of piperazine rings is 1. The fourth-order valence-corrected chi connectivity index (χ4v) is 6.76. The van der Waals surface area contributed by atoms with E-state index in [1.165, 1.54) is 43.0 Å². The van der Waals surface area contributed by atoms with E-state index in [-0.39, 0.29) is 16.9 Å². The molecule has 174 valence electrons. The number of sulfonamides is 1. The van der Waals surface area contributed by atoms with Crippen molar-refractivity contribution in [1.29, 1.82) is 0 Å². The molecule has 1 saturated carbocycles. The Hall–Kier alpha value is -1.45. The summed E-state index contributed by atoms with van der Waals surface area (Å²) in [6, 6.07) is 0. The molecular formula is C22H37N5O3S. The van der Waals surface area contributed by atoms with E-state index in [0.29, 0.717) is 31.8 Å². The van der Waals surface area contributed by atoms with Crippen molar-refractivity contribution < 1.29 is 13.2 Å². The van der Waals surface area contributed by atoms with Crippen molar-refractivity contribution in [1.82, 2.24) is 23.7 Å². The molecule has 1 aromatic heterocycles. The molecule has 0 aromatic carbocycles. The molecule has 0 bridgehead atoms. The van der Waals surface area contributed by atoms with E-state index in [9.17, 15) is 13.2 Å². The third-order valence-electron chi connectivity index (χ3n) is 7.42. The van der Waals surface area contributed by atoms with Gasteiger partial charge in [0.2, 0.25) is 5.91 Å². The van der Waals surface area contributed by atoms with Crippen LogP contribution >= 0.6 is 0 Å².